The minimum absolute atomic E-state index is 0.113. The Labute approximate surface area is 161 Å². The molecule has 1 N–H and O–H groups in total. The van der Waals surface area contributed by atoms with Crippen LogP contribution in [0.1, 0.15) is 25.3 Å². The Morgan fingerprint density at radius 2 is 1.89 bits per heavy atom. The summed E-state index contributed by atoms with van der Waals surface area (Å²) < 4.78 is 28.7. The van der Waals surface area contributed by atoms with E-state index in [4.69, 9.17) is 13.9 Å². The van der Waals surface area contributed by atoms with Crippen molar-refractivity contribution >= 4 is 16.7 Å². The van der Waals surface area contributed by atoms with Crippen LogP contribution in [-0.2, 0) is 30.8 Å². The fourth-order valence-corrected chi connectivity index (χ4v) is 3.47. The number of rotatable bonds is 11. The van der Waals surface area contributed by atoms with Gasteiger partial charge < -0.3 is 19.2 Å². The molecule has 1 heterocycles. The van der Waals surface area contributed by atoms with E-state index >= 15 is 0 Å². The number of amides is 1. The molecule has 1 aromatic heterocycles. The van der Waals surface area contributed by atoms with Gasteiger partial charge >= 0.3 is 0 Å². The molecule has 0 fully saturated rings. The van der Waals surface area contributed by atoms with Crippen LogP contribution in [0.15, 0.2) is 34.7 Å². The predicted molar refractivity (Wildman–Crippen MR) is 103 cm³/mol. The molecule has 0 aliphatic rings. The van der Waals surface area contributed by atoms with Crippen molar-refractivity contribution in [2.75, 3.05) is 25.5 Å². The molecule has 0 radical (unpaired) electrons. The minimum atomic E-state index is -1.39. The Bertz CT molecular complexity index is 742. The molecule has 0 bridgehead atoms. The summed E-state index contributed by atoms with van der Waals surface area (Å²) in [7, 11) is -1.39. The van der Waals surface area contributed by atoms with Crippen LogP contribution < -0.4 is 5.32 Å². The molecule has 7 nitrogen and oxygen atoms in total. The van der Waals surface area contributed by atoms with Crippen LogP contribution >= 0.6 is 0 Å². The van der Waals surface area contributed by atoms with Gasteiger partial charge in [0.2, 0.25) is 11.8 Å². The Hall–Kier alpha value is -2.03. The van der Waals surface area contributed by atoms with E-state index in [1.54, 1.807) is 6.92 Å². The molecule has 27 heavy (non-hydrogen) atoms. The highest BCUT2D eigenvalue weighted by Gasteiger charge is 2.17. The van der Waals surface area contributed by atoms with Crippen molar-refractivity contribution in [2.24, 2.45) is 0 Å². The number of nitrogens with one attached hydrogen (secondary N) is 1. The van der Waals surface area contributed by atoms with Gasteiger partial charge in [-0.15, -0.1) is 0 Å². The van der Waals surface area contributed by atoms with E-state index in [1.807, 2.05) is 44.2 Å². The Morgan fingerprint density at radius 1 is 1.22 bits per heavy atom. The third-order valence-corrected chi connectivity index (χ3v) is 4.85. The van der Waals surface area contributed by atoms with Crippen LogP contribution in [0.2, 0.25) is 0 Å². The van der Waals surface area contributed by atoms with Gasteiger partial charge in [-0.1, -0.05) is 18.2 Å². The lowest BCUT2D eigenvalue weighted by Gasteiger charge is -2.17. The molecule has 148 valence electrons. The molecule has 0 unspecified atom stereocenters. The first kappa shape index (κ1) is 21.3. The number of ether oxygens (including phenoxy) is 2. The van der Waals surface area contributed by atoms with Crippen LogP contribution in [0.5, 0.6) is 0 Å². The van der Waals surface area contributed by atoms with E-state index in [-0.39, 0.29) is 24.0 Å². The van der Waals surface area contributed by atoms with E-state index < -0.39 is 17.1 Å². The number of aryl methyl sites for hydroxylation is 1. The number of aromatic nitrogens is 1. The van der Waals surface area contributed by atoms with Gasteiger partial charge in [-0.25, -0.2) is 4.98 Å². The molecule has 0 saturated carbocycles. The van der Waals surface area contributed by atoms with E-state index in [9.17, 15) is 9.00 Å². The maximum absolute atomic E-state index is 12.3. The second-order valence-corrected chi connectivity index (χ2v) is 7.22. The quantitative estimate of drug-likeness (QED) is 0.589. The van der Waals surface area contributed by atoms with Crippen LogP contribution in [0.3, 0.4) is 0 Å². The highest BCUT2D eigenvalue weighted by atomic mass is 32.2. The van der Waals surface area contributed by atoms with Crippen molar-refractivity contribution in [3.8, 4) is 11.5 Å². The number of nitrogens with zero attached hydrogens (tertiary/aromatic N) is 1. The number of carbonyl (C=O) groups is 1. The van der Waals surface area contributed by atoms with E-state index in [0.717, 1.165) is 5.56 Å². The maximum Gasteiger partial charge on any atom is 0.232 e. The van der Waals surface area contributed by atoms with Crippen molar-refractivity contribution in [2.45, 2.75) is 32.8 Å². The molecule has 1 amide bonds. The summed E-state index contributed by atoms with van der Waals surface area (Å²) in [6.45, 7) is 6.68. The number of carbonyl (C=O) groups excluding carboxylic acids is 1. The highest BCUT2D eigenvalue weighted by Crippen LogP contribution is 2.22. The zero-order chi connectivity index (χ0) is 19.6. The fraction of sp³-hybridized carbons (Fsp3) is 0.474. The van der Waals surface area contributed by atoms with Gasteiger partial charge in [0.1, 0.15) is 11.5 Å². The third-order valence-electron chi connectivity index (χ3n) is 3.67. The summed E-state index contributed by atoms with van der Waals surface area (Å²) in [5, 5.41) is 2.69. The molecule has 1 aromatic carbocycles. The van der Waals surface area contributed by atoms with Gasteiger partial charge in [0.15, 0.2) is 6.29 Å². The molecule has 2 rings (SSSR count). The summed E-state index contributed by atoms with van der Waals surface area (Å²) in [6, 6.07) is 9.50. The monoisotopic (exact) mass is 394 g/mol. The van der Waals surface area contributed by atoms with Crippen LogP contribution in [0.25, 0.3) is 11.5 Å². The maximum atomic E-state index is 12.3. The number of benzene rings is 1. The molecule has 8 heteroatoms. The standard InChI is InChI=1S/C19H26N2O5S/c1-4-24-18(25-5-2)11-20-17(22)13-27(23)12-16-14(3)26-19(21-16)15-9-7-6-8-10-15/h6-10,18H,4-5,11-13H2,1-3H3,(H,20,22)/t27-/m0/s1. The lowest BCUT2D eigenvalue weighted by Crippen LogP contribution is -2.37. The van der Waals surface area contributed by atoms with Gasteiger partial charge in [-0.05, 0) is 32.9 Å². The Balaban J connectivity index is 1.86. The largest absolute Gasteiger partial charge is 0.441 e. The topological polar surface area (TPSA) is 90.7 Å². The molecule has 0 aliphatic heterocycles. The summed E-state index contributed by atoms with van der Waals surface area (Å²) in [5.74, 6) is 0.826. The first-order valence-corrected chi connectivity index (χ1v) is 10.4. The molecular formula is C19H26N2O5S. The smallest absolute Gasteiger partial charge is 0.232 e. The summed E-state index contributed by atoms with van der Waals surface area (Å²) in [6.07, 6.45) is -0.497. The van der Waals surface area contributed by atoms with Crippen LogP contribution in [-0.4, -0.2) is 46.9 Å². The van der Waals surface area contributed by atoms with Gasteiger partial charge in [-0.2, -0.15) is 0 Å². The summed E-state index contributed by atoms with van der Waals surface area (Å²) in [4.78, 5) is 16.4. The fourth-order valence-electron chi connectivity index (χ4n) is 2.40. The minimum Gasteiger partial charge on any atom is -0.441 e. The van der Waals surface area contributed by atoms with Crippen LogP contribution in [0, 0.1) is 6.92 Å². The average molecular weight is 394 g/mol. The Morgan fingerprint density at radius 3 is 2.52 bits per heavy atom. The number of oxazole rings is 1. The second kappa shape index (κ2) is 11.0. The van der Waals surface area contributed by atoms with Crippen molar-refractivity contribution in [3.05, 3.63) is 41.8 Å². The van der Waals surface area contributed by atoms with Gasteiger partial charge in [0, 0.05) is 29.6 Å². The molecule has 0 aliphatic carbocycles. The first-order valence-electron chi connectivity index (χ1n) is 8.90. The predicted octanol–water partition coefficient (Wildman–Crippen LogP) is 2.41. The summed E-state index contributed by atoms with van der Waals surface area (Å²) in [5.41, 5.74) is 1.45. The van der Waals surface area contributed by atoms with Crippen molar-refractivity contribution in [1.29, 1.82) is 0 Å². The highest BCUT2D eigenvalue weighted by molar-refractivity contribution is 7.84. The van der Waals surface area contributed by atoms with E-state index in [0.29, 0.717) is 30.6 Å². The van der Waals surface area contributed by atoms with Crippen LogP contribution in [0.4, 0.5) is 0 Å². The Kier molecular flexibility index (Phi) is 8.63. The molecule has 0 saturated heterocycles. The van der Waals surface area contributed by atoms with Crippen molar-refractivity contribution in [1.82, 2.24) is 10.3 Å². The molecule has 1 atom stereocenters. The normalized spacial score (nSPS) is 12.3. The van der Waals surface area contributed by atoms with E-state index in [1.165, 1.54) is 0 Å². The SMILES string of the molecule is CCOC(CNC(=O)C[S@@](=O)Cc1nc(-c2ccccc2)oc1C)OCC. The number of hydrogen-bond acceptors (Lipinski definition) is 6. The zero-order valence-corrected chi connectivity index (χ0v) is 16.7. The molecular weight excluding hydrogens is 368 g/mol. The van der Waals surface area contributed by atoms with Gasteiger partial charge in [0.05, 0.1) is 18.0 Å². The van der Waals surface area contributed by atoms with Crippen molar-refractivity contribution < 1.29 is 22.9 Å². The van der Waals surface area contributed by atoms with E-state index in [2.05, 4.69) is 10.3 Å². The number of hydrogen-bond donors (Lipinski definition) is 1. The second-order valence-electron chi connectivity index (χ2n) is 5.76. The third kappa shape index (κ3) is 6.89. The van der Waals surface area contributed by atoms with Gasteiger partial charge in [0.25, 0.3) is 0 Å². The summed E-state index contributed by atoms with van der Waals surface area (Å²) >= 11 is 0. The van der Waals surface area contributed by atoms with Crippen molar-refractivity contribution in [3.63, 3.8) is 0 Å². The molecule has 0 spiro atoms. The lowest BCUT2D eigenvalue weighted by molar-refractivity contribution is -0.139. The lowest BCUT2D eigenvalue weighted by atomic mass is 10.2. The average Bonchev–Trinajstić information content (AvgIpc) is 3.01. The van der Waals surface area contributed by atoms with Gasteiger partial charge in [-0.3, -0.25) is 9.00 Å². The molecule has 2 aromatic rings. The first-order chi connectivity index (χ1) is 13.0. The zero-order valence-electron chi connectivity index (χ0n) is 15.9.